The maximum atomic E-state index is 5.76. The minimum absolute atomic E-state index is 0.300. The zero-order valence-corrected chi connectivity index (χ0v) is 12.8. The standard InChI is InChI=1S/C17H23N3O/c1-13-3-5-15-9-14(4-6-17(15)19-13)11-20-7-8-21-16(12-20)10-18-2/h3-6,9,16,18H,7-8,10-12H2,1-2H3. The average Bonchev–Trinajstić information content (AvgIpc) is 2.48. The van der Waals surface area contributed by atoms with E-state index in [4.69, 9.17) is 4.74 Å². The molecule has 1 saturated heterocycles. The molecule has 1 aromatic carbocycles. The van der Waals surface area contributed by atoms with Crippen LogP contribution in [0.5, 0.6) is 0 Å². The third-order valence-corrected chi connectivity index (χ3v) is 3.95. The number of pyridine rings is 1. The Morgan fingerprint density at radius 1 is 1.33 bits per heavy atom. The average molecular weight is 285 g/mol. The van der Waals surface area contributed by atoms with E-state index in [-0.39, 0.29) is 0 Å². The summed E-state index contributed by atoms with van der Waals surface area (Å²) in [7, 11) is 1.97. The number of nitrogens with one attached hydrogen (secondary N) is 1. The van der Waals surface area contributed by atoms with Gasteiger partial charge in [-0.05, 0) is 37.7 Å². The first-order valence-corrected chi connectivity index (χ1v) is 7.59. The van der Waals surface area contributed by atoms with E-state index in [1.54, 1.807) is 0 Å². The Morgan fingerprint density at radius 3 is 3.10 bits per heavy atom. The van der Waals surface area contributed by atoms with E-state index in [9.17, 15) is 0 Å². The summed E-state index contributed by atoms with van der Waals surface area (Å²) in [5.74, 6) is 0. The molecule has 112 valence electrons. The Bertz CT molecular complexity index is 612. The van der Waals surface area contributed by atoms with Gasteiger partial charge < -0.3 is 10.1 Å². The van der Waals surface area contributed by atoms with Crippen molar-refractivity contribution in [1.29, 1.82) is 0 Å². The Kier molecular flexibility index (Phi) is 4.48. The molecule has 3 rings (SSSR count). The summed E-state index contributed by atoms with van der Waals surface area (Å²) < 4.78 is 5.76. The molecule has 0 saturated carbocycles. The Balaban J connectivity index is 1.71. The number of nitrogens with zero attached hydrogens (tertiary/aromatic N) is 2. The third-order valence-electron chi connectivity index (χ3n) is 3.95. The maximum Gasteiger partial charge on any atom is 0.0826 e. The van der Waals surface area contributed by atoms with Gasteiger partial charge >= 0.3 is 0 Å². The lowest BCUT2D eigenvalue weighted by Crippen LogP contribution is -2.45. The summed E-state index contributed by atoms with van der Waals surface area (Å²) in [6.45, 7) is 6.74. The quantitative estimate of drug-likeness (QED) is 0.932. The summed E-state index contributed by atoms with van der Waals surface area (Å²) in [6, 6.07) is 10.8. The molecule has 4 nitrogen and oxygen atoms in total. The molecule has 1 fully saturated rings. The molecule has 1 unspecified atom stereocenters. The fourth-order valence-electron chi connectivity index (χ4n) is 2.91. The van der Waals surface area contributed by atoms with Crippen molar-refractivity contribution in [2.24, 2.45) is 0 Å². The smallest absolute Gasteiger partial charge is 0.0826 e. The number of rotatable bonds is 4. The number of benzene rings is 1. The van der Waals surface area contributed by atoms with Crippen molar-refractivity contribution in [3.05, 3.63) is 41.6 Å². The molecule has 1 N–H and O–H groups in total. The molecule has 4 heteroatoms. The van der Waals surface area contributed by atoms with E-state index in [0.29, 0.717) is 6.10 Å². The lowest BCUT2D eigenvalue weighted by atomic mass is 10.1. The molecule has 2 heterocycles. The van der Waals surface area contributed by atoms with Gasteiger partial charge in [0.2, 0.25) is 0 Å². The summed E-state index contributed by atoms with van der Waals surface area (Å²) in [5.41, 5.74) is 3.49. The second-order valence-corrected chi connectivity index (χ2v) is 5.77. The zero-order valence-electron chi connectivity index (χ0n) is 12.8. The molecule has 0 spiro atoms. The largest absolute Gasteiger partial charge is 0.374 e. The van der Waals surface area contributed by atoms with Crippen LogP contribution >= 0.6 is 0 Å². The second kappa shape index (κ2) is 6.52. The first kappa shape index (κ1) is 14.4. The topological polar surface area (TPSA) is 37.4 Å². The highest BCUT2D eigenvalue weighted by molar-refractivity contribution is 5.79. The van der Waals surface area contributed by atoms with Crippen LogP contribution in [0.25, 0.3) is 10.9 Å². The van der Waals surface area contributed by atoms with E-state index in [1.165, 1.54) is 10.9 Å². The minimum Gasteiger partial charge on any atom is -0.374 e. The summed E-state index contributed by atoms with van der Waals surface area (Å²) in [4.78, 5) is 7.02. The van der Waals surface area contributed by atoms with Crippen molar-refractivity contribution in [1.82, 2.24) is 15.2 Å². The van der Waals surface area contributed by atoms with Gasteiger partial charge in [0.05, 0.1) is 18.2 Å². The number of morpholine rings is 1. The van der Waals surface area contributed by atoms with Crippen molar-refractivity contribution < 1.29 is 4.74 Å². The van der Waals surface area contributed by atoms with Crippen LogP contribution in [0.3, 0.4) is 0 Å². The van der Waals surface area contributed by atoms with E-state index in [1.807, 2.05) is 14.0 Å². The van der Waals surface area contributed by atoms with E-state index < -0.39 is 0 Å². The van der Waals surface area contributed by atoms with Crippen molar-refractivity contribution >= 4 is 10.9 Å². The zero-order chi connectivity index (χ0) is 14.7. The van der Waals surface area contributed by atoms with Gasteiger partial charge in [0, 0.05) is 37.3 Å². The van der Waals surface area contributed by atoms with E-state index in [2.05, 4.69) is 45.5 Å². The first-order chi connectivity index (χ1) is 10.2. The molecule has 1 aromatic heterocycles. The highest BCUT2D eigenvalue weighted by Gasteiger charge is 2.19. The van der Waals surface area contributed by atoms with Crippen molar-refractivity contribution in [3.8, 4) is 0 Å². The number of hydrogen-bond acceptors (Lipinski definition) is 4. The fourth-order valence-corrected chi connectivity index (χ4v) is 2.91. The molecule has 1 atom stereocenters. The van der Waals surface area contributed by atoms with Crippen LogP contribution in [0.15, 0.2) is 30.3 Å². The van der Waals surface area contributed by atoms with Crippen LogP contribution in [0.4, 0.5) is 0 Å². The predicted octanol–water partition coefficient (Wildman–Crippen LogP) is 1.96. The molecule has 0 amide bonds. The lowest BCUT2D eigenvalue weighted by molar-refractivity contribution is -0.0291. The molecule has 21 heavy (non-hydrogen) atoms. The number of hydrogen-bond donors (Lipinski definition) is 1. The van der Waals surface area contributed by atoms with Crippen LogP contribution in [0, 0.1) is 6.92 Å². The van der Waals surface area contributed by atoms with Gasteiger partial charge in [-0.25, -0.2) is 0 Å². The van der Waals surface area contributed by atoms with Crippen LogP contribution in [0.1, 0.15) is 11.3 Å². The van der Waals surface area contributed by atoms with Crippen molar-refractivity contribution in [3.63, 3.8) is 0 Å². The molecule has 1 aliphatic heterocycles. The van der Waals surface area contributed by atoms with E-state index >= 15 is 0 Å². The number of ether oxygens (including phenoxy) is 1. The van der Waals surface area contributed by atoms with Crippen LogP contribution in [-0.4, -0.2) is 49.3 Å². The van der Waals surface area contributed by atoms with Gasteiger partial charge in [0.1, 0.15) is 0 Å². The molecule has 0 radical (unpaired) electrons. The Labute approximate surface area is 126 Å². The normalized spacial score (nSPS) is 20.0. The van der Waals surface area contributed by atoms with Gasteiger partial charge in [0.25, 0.3) is 0 Å². The van der Waals surface area contributed by atoms with Gasteiger partial charge in [-0.1, -0.05) is 12.1 Å². The molecule has 1 aliphatic rings. The SMILES string of the molecule is CNCC1CN(Cc2ccc3nc(C)ccc3c2)CCO1. The van der Waals surface area contributed by atoms with Crippen molar-refractivity contribution in [2.45, 2.75) is 19.6 Å². The molecule has 0 aliphatic carbocycles. The second-order valence-electron chi connectivity index (χ2n) is 5.77. The highest BCUT2D eigenvalue weighted by Crippen LogP contribution is 2.17. The van der Waals surface area contributed by atoms with Crippen LogP contribution < -0.4 is 5.32 Å². The summed E-state index contributed by atoms with van der Waals surface area (Å²) in [5, 5.41) is 4.41. The minimum atomic E-state index is 0.300. The fraction of sp³-hybridized carbons (Fsp3) is 0.471. The van der Waals surface area contributed by atoms with Gasteiger partial charge in [-0.3, -0.25) is 9.88 Å². The first-order valence-electron chi connectivity index (χ1n) is 7.59. The molecule has 0 bridgehead atoms. The number of aromatic nitrogens is 1. The summed E-state index contributed by atoms with van der Waals surface area (Å²) in [6.07, 6.45) is 0.300. The van der Waals surface area contributed by atoms with Gasteiger partial charge in [-0.15, -0.1) is 0 Å². The maximum absolute atomic E-state index is 5.76. The Morgan fingerprint density at radius 2 is 2.24 bits per heavy atom. The molecular weight excluding hydrogens is 262 g/mol. The monoisotopic (exact) mass is 285 g/mol. The number of likely N-dealkylation sites (N-methyl/N-ethyl adjacent to an activating group) is 1. The Hall–Kier alpha value is -1.49. The predicted molar refractivity (Wildman–Crippen MR) is 85.4 cm³/mol. The van der Waals surface area contributed by atoms with Gasteiger partial charge in [0.15, 0.2) is 0 Å². The number of fused-ring (bicyclic) bond motifs is 1. The van der Waals surface area contributed by atoms with Crippen LogP contribution in [-0.2, 0) is 11.3 Å². The van der Waals surface area contributed by atoms with Gasteiger partial charge in [-0.2, -0.15) is 0 Å². The highest BCUT2D eigenvalue weighted by atomic mass is 16.5. The van der Waals surface area contributed by atoms with Crippen LogP contribution in [0.2, 0.25) is 0 Å². The molecule has 2 aromatic rings. The van der Waals surface area contributed by atoms with Crippen molar-refractivity contribution in [2.75, 3.05) is 33.3 Å². The van der Waals surface area contributed by atoms with E-state index in [0.717, 1.165) is 44.0 Å². The number of aryl methyl sites for hydroxylation is 1. The lowest BCUT2D eigenvalue weighted by Gasteiger charge is -2.32. The molecular formula is C17H23N3O. The summed E-state index contributed by atoms with van der Waals surface area (Å²) >= 11 is 0. The third kappa shape index (κ3) is 3.59.